The molecule has 0 saturated carbocycles. The zero-order chi connectivity index (χ0) is 12.7. The number of esters is 1. The largest absolute Gasteiger partial charge is 0.454 e. The molecule has 0 bridgehead atoms. The van der Waals surface area contributed by atoms with E-state index >= 15 is 0 Å². The van der Waals surface area contributed by atoms with Crippen molar-refractivity contribution in [3.63, 3.8) is 0 Å². The van der Waals surface area contributed by atoms with Gasteiger partial charge in [-0.15, -0.1) is 0 Å². The van der Waals surface area contributed by atoms with Gasteiger partial charge in [0.15, 0.2) is 0 Å². The van der Waals surface area contributed by atoms with Gasteiger partial charge in [0.05, 0.1) is 5.56 Å². The molecule has 2 nitrogen and oxygen atoms in total. The van der Waals surface area contributed by atoms with E-state index in [1.165, 1.54) is 12.1 Å². The Hall–Kier alpha value is -1.52. The van der Waals surface area contributed by atoms with Crippen LogP contribution in [0.1, 0.15) is 30.9 Å². The maximum Gasteiger partial charge on any atom is 0.416 e. The zero-order valence-corrected chi connectivity index (χ0v) is 9.17. The molecule has 1 heterocycles. The van der Waals surface area contributed by atoms with Crippen molar-refractivity contribution in [2.45, 2.75) is 31.5 Å². The third-order valence-electron chi connectivity index (χ3n) is 2.97. The van der Waals surface area contributed by atoms with E-state index in [0.717, 1.165) is 12.1 Å². The molecule has 92 valence electrons. The fraction of sp³-hybridized carbons (Fsp3) is 0.417. The number of hydrogen-bond donors (Lipinski definition) is 0. The van der Waals surface area contributed by atoms with Gasteiger partial charge in [-0.25, -0.2) is 0 Å². The van der Waals surface area contributed by atoms with Crippen LogP contribution in [0.2, 0.25) is 0 Å². The topological polar surface area (TPSA) is 26.3 Å². The first kappa shape index (κ1) is 12.0. The molecular weight excluding hydrogens is 233 g/mol. The van der Waals surface area contributed by atoms with Gasteiger partial charge in [0.2, 0.25) is 0 Å². The molecule has 5 heteroatoms. The molecule has 0 N–H and O–H groups in total. The number of cyclic esters (lactones) is 1. The van der Waals surface area contributed by atoms with E-state index in [2.05, 4.69) is 0 Å². The van der Waals surface area contributed by atoms with Gasteiger partial charge >= 0.3 is 12.1 Å². The van der Waals surface area contributed by atoms with Crippen LogP contribution in [0, 0.1) is 0 Å². The molecule has 1 aliphatic rings. The lowest BCUT2D eigenvalue weighted by molar-refractivity contribution is -0.148. The summed E-state index contributed by atoms with van der Waals surface area (Å²) in [5.74, 6) is -0.313. The first-order valence-electron chi connectivity index (χ1n) is 5.21. The Kier molecular flexibility index (Phi) is 2.64. The predicted molar refractivity (Wildman–Crippen MR) is 54.1 cm³/mol. The first-order chi connectivity index (χ1) is 7.81. The van der Waals surface area contributed by atoms with Crippen LogP contribution < -0.4 is 0 Å². The van der Waals surface area contributed by atoms with E-state index in [1.54, 1.807) is 6.92 Å². The standard InChI is InChI=1S/C12H11F3O2/c1-11(7-6-10(16)17-11)8-2-4-9(5-3-8)12(13,14)15/h2-5H,6-7H2,1H3. The van der Waals surface area contributed by atoms with Gasteiger partial charge in [0, 0.05) is 12.8 Å². The molecule has 17 heavy (non-hydrogen) atoms. The van der Waals surface area contributed by atoms with E-state index in [-0.39, 0.29) is 5.97 Å². The average molecular weight is 244 g/mol. The molecule has 1 aliphatic heterocycles. The third kappa shape index (κ3) is 2.28. The Morgan fingerprint density at radius 3 is 2.24 bits per heavy atom. The Bertz CT molecular complexity index is 436. The number of halogens is 3. The molecule has 1 atom stereocenters. The number of carbonyl (C=O) groups excluding carboxylic acids is 1. The molecule has 0 spiro atoms. The highest BCUT2D eigenvalue weighted by atomic mass is 19.4. The minimum Gasteiger partial charge on any atom is -0.454 e. The second-order valence-corrected chi connectivity index (χ2v) is 4.28. The summed E-state index contributed by atoms with van der Waals surface area (Å²) in [6.45, 7) is 1.71. The van der Waals surface area contributed by atoms with E-state index in [1.807, 2.05) is 0 Å². The van der Waals surface area contributed by atoms with Crippen LogP contribution in [0.25, 0.3) is 0 Å². The summed E-state index contributed by atoms with van der Waals surface area (Å²) in [5, 5.41) is 0. The van der Waals surface area contributed by atoms with Gasteiger partial charge in [-0.2, -0.15) is 13.2 Å². The van der Waals surface area contributed by atoms with Crippen molar-refractivity contribution in [1.29, 1.82) is 0 Å². The Morgan fingerprint density at radius 1 is 1.24 bits per heavy atom. The van der Waals surface area contributed by atoms with Crippen LogP contribution in [0.15, 0.2) is 24.3 Å². The first-order valence-corrected chi connectivity index (χ1v) is 5.21. The van der Waals surface area contributed by atoms with Crippen molar-refractivity contribution in [3.8, 4) is 0 Å². The van der Waals surface area contributed by atoms with Crippen molar-refractivity contribution in [3.05, 3.63) is 35.4 Å². The van der Waals surface area contributed by atoms with E-state index in [4.69, 9.17) is 4.74 Å². The van der Waals surface area contributed by atoms with E-state index in [0.29, 0.717) is 18.4 Å². The quantitative estimate of drug-likeness (QED) is 0.709. The number of hydrogen-bond acceptors (Lipinski definition) is 2. The lowest BCUT2D eigenvalue weighted by Crippen LogP contribution is -2.21. The van der Waals surface area contributed by atoms with Crippen molar-refractivity contribution in [2.24, 2.45) is 0 Å². The lowest BCUT2D eigenvalue weighted by Gasteiger charge is -2.23. The monoisotopic (exact) mass is 244 g/mol. The van der Waals surface area contributed by atoms with Crippen molar-refractivity contribution in [2.75, 3.05) is 0 Å². The molecule has 0 radical (unpaired) electrons. The van der Waals surface area contributed by atoms with Gasteiger partial charge in [-0.05, 0) is 24.6 Å². The number of benzene rings is 1. The van der Waals surface area contributed by atoms with E-state index in [9.17, 15) is 18.0 Å². The van der Waals surface area contributed by atoms with Crippen molar-refractivity contribution in [1.82, 2.24) is 0 Å². The van der Waals surface area contributed by atoms with Gasteiger partial charge < -0.3 is 4.74 Å². The predicted octanol–water partition coefficient (Wildman–Crippen LogP) is 3.26. The Balaban J connectivity index is 2.27. The summed E-state index contributed by atoms with van der Waals surface area (Å²) >= 11 is 0. The molecule has 1 fully saturated rings. The lowest BCUT2D eigenvalue weighted by atomic mass is 9.92. The summed E-state index contributed by atoms with van der Waals surface area (Å²) in [6, 6.07) is 4.74. The molecule has 1 unspecified atom stereocenters. The summed E-state index contributed by atoms with van der Waals surface area (Å²) < 4.78 is 42.2. The molecule has 0 amide bonds. The average Bonchev–Trinajstić information content (AvgIpc) is 2.59. The SMILES string of the molecule is CC1(c2ccc(C(F)(F)F)cc2)CCC(=O)O1. The van der Waals surface area contributed by atoms with Crippen LogP contribution in [0.4, 0.5) is 13.2 Å². The second-order valence-electron chi connectivity index (χ2n) is 4.28. The fourth-order valence-electron chi connectivity index (χ4n) is 1.91. The van der Waals surface area contributed by atoms with Crippen LogP contribution in [-0.2, 0) is 21.3 Å². The van der Waals surface area contributed by atoms with Gasteiger partial charge in [0.1, 0.15) is 5.60 Å². The van der Waals surface area contributed by atoms with E-state index < -0.39 is 17.3 Å². The third-order valence-corrected chi connectivity index (χ3v) is 2.97. The Morgan fingerprint density at radius 2 is 1.82 bits per heavy atom. The molecule has 1 aromatic rings. The normalized spacial score (nSPS) is 24.8. The summed E-state index contributed by atoms with van der Waals surface area (Å²) in [7, 11) is 0. The Labute approximate surface area is 96.4 Å². The minimum absolute atomic E-state index is 0.303. The zero-order valence-electron chi connectivity index (χ0n) is 9.17. The van der Waals surface area contributed by atoms with Gasteiger partial charge in [0.25, 0.3) is 0 Å². The van der Waals surface area contributed by atoms with Gasteiger partial charge in [-0.3, -0.25) is 4.79 Å². The van der Waals surface area contributed by atoms with Crippen molar-refractivity contribution < 1.29 is 22.7 Å². The molecule has 0 aromatic heterocycles. The van der Waals surface area contributed by atoms with Crippen LogP contribution in [0.3, 0.4) is 0 Å². The number of alkyl halides is 3. The smallest absolute Gasteiger partial charge is 0.416 e. The van der Waals surface area contributed by atoms with Crippen molar-refractivity contribution >= 4 is 5.97 Å². The molecular formula is C12H11F3O2. The highest BCUT2D eigenvalue weighted by Gasteiger charge is 2.38. The fourth-order valence-corrected chi connectivity index (χ4v) is 1.91. The number of ether oxygens (including phenoxy) is 1. The minimum atomic E-state index is -4.34. The molecule has 1 aromatic carbocycles. The molecule has 1 saturated heterocycles. The number of carbonyl (C=O) groups is 1. The highest BCUT2D eigenvalue weighted by molar-refractivity contribution is 5.72. The highest BCUT2D eigenvalue weighted by Crippen LogP contribution is 2.37. The summed E-state index contributed by atoms with van der Waals surface area (Å²) in [5.41, 5.74) is -0.896. The van der Waals surface area contributed by atoms with Crippen LogP contribution in [0.5, 0.6) is 0 Å². The summed E-state index contributed by atoms with van der Waals surface area (Å²) in [4.78, 5) is 11.1. The summed E-state index contributed by atoms with van der Waals surface area (Å²) in [6.07, 6.45) is -3.54. The molecule has 2 rings (SSSR count). The number of rotatable bonds is 1. The van der Waals surface area contributed by atoms with Gasteiger partial charge in [-0.1, -0.05) is 12.1 Å². The van der Waals surface area contributed by atoms with Crippen LogP contribution >= 0.6 is 0 Å². The maximum atomic E-state index is 12.4. The maximum absolute atomic E-state index is 12.4. The second kappa shape index (κ2) is 3.75. The van der Waals surface area contributed by atoms with Crippen LogP contribution in [-0.4, -0.2) is 5.97 Å². The molecule has 0 aliphatic carbocycles.